The van der Waals surface area contributed by atoms with Crippen molar-refractivity contribution >= 4 is 59.7 Å². The van der Waals surface area contributed by atoms with Crippen molar-refractivity contribution in [3.63, 3.8) is 0 Å². The molecule has 0 saturated carbocycles. The van der Waals surface area contributed by atoms with Crippen LogP contribution in [0.2, 0.25) is 0 Å². The van der Waals surface area contributed by atoms with Crippen molar-refractivity contribution in [2.75, 3.05) is 25.0 Å². The Labute approximate surface area is 214 Å². The molecule has 9 heteroatoms. The van der Waals surface area contributed by atoms with Gasteiger partial charge in [0.25, 0.3) is 5.69 Å². The highest BCUT2D eigenvalue weighted by Gasteiger charge is 2.16. The van der Waals surface area contributed by atoms with E-state index in [-0.39, 0.29) is 36.3 Å². The lowest BCUT2D eigenvalue weighted by atomic mass is 10.0. The molecule has 0 saturated heterocycles. The maximum absolute atomic E-state index is 14.0. The zero-order valence-corrected chi connectivity index (χ0v) is 20.8. The third-order valence-electron chi connectivity index (χ3n) is 5.23. The number of fused-ring (bicyclic) bond motifs is 1. The minimum absolute atomic E-state index is 0. The molecule has 178 valence electrons. The highest BCUT2D eigenvalue weighted by Crippen LogP contribution is 2.31. The zero-order valence-electron chi connectivity index (χ0n) is 18.4. The van der Waals surface area contributed by atoms with E-state index in [0.717, 1.165) is 28.4 Å². The molecule has 4 rings (SSSR count). The fraction of sp³-hybridized carbons (Fsp3) is 0.160. The van der Waals surface area contributed by atoms with Crippen LogP contribution in [-0.2, 0) is 5.75 Å². The van der Waals surface area contributed by atoms with Gasteiger partial charge in [0, 0.05) is 47.6 Å². The van der Waals surface area contributed by atoms with Gasteiger partial charge >= 0.3 is 0 Å². The van der Waals surface area contributed by atoms with Gasteiger partial charge in [0.15, 0.2) is 0 Å². The van der Waals surface area contributed by atoms with E-state index in [1.807, 2.05) is 42.3 Å². The van der Waals surface area contributed by atoms with Gasteiger partial charge in [-0.25, -0.2) is 4.39 Å². The van der Waals surface area contributed by atoms with Crippen molar-refractivity contribution in [1.29, 1.82) is 0 Å². The monoisotopic (exact) mass is 519 g/mol. The van der Waals surface area contributed by atoms with Crippen molar-refractivity contribution in [1.82, 2.24) is 0 Å². The number of benzene rings is 3. The number of non-ortho nitro benzene ring substituents is 1. The molecule has 0 atom stereocenters. The Balaban J connectivity index is 0.00000204. The normalized spacial score (nSPS) is 12.8. The fourth-order valence-corrected chi connectivity index (χ4v) is 4.50. The summed E-state index contributed by atoms with van der Waals surface area (Å²) >= 11 is 1.62. The Kier molecular flexibility index (Phi) is 10.1. The number of thioether (sulfide) groups is 1. The number of benzodiazepines with no additional fused rings is 1. The summed E-state index contributed by atoms with van der Waals surface area (Å²) in [5.74, 6) is 0.425. The van der Waals surface area contributed by atoms with Gasteiger partial charge in [-0.1, -0.05) is 36.4 Å². The molecule has 3 aromatic rings. The average molecular weight is 520 g/mol. The first kappa shape index (κ1) is 27.4. The molecule has 1 aliphatic rings. The Morgan fingerprint density at radius 1 is 1.09 bits per heavy atom. The van der Waals surface area contributed by atoms with Crippen molar-refractivity contribution in [2.45, 2.75) is 10.6 Å². The largest absolute Gasteiger partial charge is 0.372 e. The van der Waals surface area contributed by atoms with Crippen LogP contribution in [0.4, 0.5) is 15.8 Å². The summed E-state index contributed by atoms with van der Waals surface area (Å²) in [6.45, 7) is 1.31. The topological polar surface area (TPSA) is 58.7 Å². The highest BCUT2D eigenvalue weighted by molar-refractivity contribution is 7.98. The number of halogens is 3. The quantitative estimate of drug-likeness (QED) is 0.203. The van der Waals surface area contributed by atoms with Gasteiger partial charge in [0.05, 0.1) is 17.2 Å². The van der Waals surface area contributed by atoms with Gasteiger partial charge in [-0.05, 0) is 41.5 Å². The van der Waals surface area contributed by atoms with E-state index < -0.39 is 4.92 Å². The van der Waals surface area contributed by atoms with Crippen LogP contribution in [0.25, 0.3) is 6.08 Å². The second-order valence-electron chi connectivity index (χ2n) is 7.44. The van der Waals surface area contributed by atoms with Gasteiger partial charge in [0.1, 0.15) is 5.82 Å². The standard InChI is InChI=1S/C25H22FN3O2S.2ClH/c1-28-14-13-27-23(22-16-20(26)8-11-24(22)28)10-7-19-15-21(29(30)31)9-12-25(19)32-17-18-5-3-2-4-6-18;;/h2-12,15-16H,13-14,17H2,1H3;2*1H/b10-7+;;. The number of nitro benzene ring substituents is 1. The van der Waals surface area contributed by atoms with Gasteiger partial charge < -0.3 is 4.90 Å². The number of hydrogen-bond acceptors (Lipinski definition) is 5. The van der Waals surface area contributed by atoms with E-state index in [0.29, 0.717) is 17.8 Å². The number of rotatable bonds is 6. The van der Waals surface area contributed by atoms with E-state index in [1.165, 1.54) is 23.8 Å². The van der Waals surface area contributed by atoms with Crippen molar-refractivity contribution in [3.8, 4) is 0 Å². The minimum Gasteiger partial charge on any atom is -0.372 e. The Bertz CT molecular complexity index is 1210. The summed E-state index contributed by atoms with van der Waals surface area (Å²) < 4.78 is 14.0. The third kappa shape index (κ3) is 6.59. The van der Waals surface area contributed by atoms with Crippen molar-refractivity contribution < 1.29 is 9.31 Å². The predicted octanol–water partition coefficient (Wildman–Crippen LogP) is 6.82. The molecule has 0 radical (unpaired) electrons. The third-order valence-corrected chi connectivity index (χ3v) is 6.39. The molecule has 1 heterocycles. The lowest BCUT2D eigenvalue weighted by Crippen LogP contribution is -2.20. The van der Waals surface area contributed by atoms with Crippen LogP contribution in [0.3, 0.4) is 0 Å². The van der Waals surface area contributed by atoms with E-state index in [2.05, 4.69) is 17.1 Å². The predicted molar refractivity (Wildman–Crippen MR) is 144 cm³/mol. The van der Waals surface area contributed by atoms with E-state index in [9.17, 15) is 14.5 Å². The molecule has 0 amide bonds. The molecule has 0 bridgehead atoms. The number of anilines is 1. The SMILES string of the molecule is CN1CCN=C(/C=C/c2cc([N+](=O)[O-])ccc2SCc2ccccc2)c2cc(F)ccc21.Cl.Cl. The first-order valence-corrected chi connectivity index (χ1v) is 11.2. The van der Waals surface area contributed by atoms with Crippen LogP contribution in [0.5, 0.6) is 0 Å². The first-order chi connectivity index (χ1) is 15.5. The van der Waals surface area contributed by atoms with Gasteiger partial charge in [-0.15, -0.1) is 36.6 Å². The van der Waals surface area contributed by atoms with E-state index >= 15 is 0 Å². The second kappa shape index (κ2) is 12.6. The molecule has 0 fully saturated rings. The van der Waals surface area contributed by atoms with Crippen LogP contribution < -0.4 is 4.90 Å². The molecule has 3 aromatic carbocycles. The van der Waals surface area contributed by atoms with Crippen LogP contribution in [0.15, 0.2) is 82.7 Å². The van der Waals surface area contributed by atoms with Gasteiger partial charge in [-0.2, -0.15) is 0 Å². The number of hydrogen-bond donors (Lipinski definition) is 0. The molecular weight excluding hydrogens is 496 g/mol. The number of nitro groups is 1. The molecule has 0 aliphatic carbocycles. The van der Waals surface area contributed by atoms with Crippen LogP contribution in [0.1, 0.15) is 16.7 Å². The van der Waals surface area contributed by atoms with Crippen LogP contribution in [-0.4, -0.2) is 30.8 Å². The summed E-state index contributed by atoms with van der Waals surface area (Å²) in [6, 6.07) is 19.6. The summed E-state index contributed by atoms with van der Waals surface area (Å²) in [4.78, 5) is 18.6. The molecule has 5 nitrogen and oxygen atoms in total. The molecule has 0 aromatic heterocycles. The zero-order chi connectivity index (χ0) is 22.5. The fourth-order valence-electron chi connectivity index (χ4n) is 3.53. The molecule has 0 N–H and O–H groups in total. The average Bonchev–Trinajstić information content (AvgIpc) is 2.95. The van der Waals surface area contributed by atoms with Gasteiger partial charge in [-0.3, -0.25) is 15.1 Å². The summed E-state index contributed by atoms with van der Waals surface area (Å²) in [5, 5.41) is 11.3. The summed E-state index contributed by atoms with van der Waals surface area (Å²) in [7, 11) is 1.96. The molecular formula is C25H24Cl2FN3O2S. The van der Waals surface area contributed by atoms with Crippen LogP contribution >= 0.6 is 36.6 Å². The van der Waals surface area contributed by atoms with E-state index in [4.69, 9.17) is 0 Å². The Morgan fingerprint density at radius 2 is 1.85 bits per heavy atom. The Morgan fingerprint density at radius 3 is 2.59 bits per heavy atom. The maximum Gasteiger partial charge on any atom is 0.270 e. The number of nitrogens with zero attached hydrogens (tertiary/aromatic N) is 3. The lowest BCUT2D eigenvalue weighted by Gasteiger charge is -2.18. The van der Waals surface area contributed by atoms with E-state index in [1.54, 1.807) is 30.0 Å². The summed E-state index contributed by atoms with van der Waals surface area (Å²) in [5.41, 5.74) is 4.22. The number of likely N-dealkylation sites (N-methyl/N-ethyl adjacent to an activating group) is 1. The first-order valence-electron chi connectivity index (χ1n) is 10.2. The molecule has 1 aliphatic heterocycles. The molecule has 0 spiro atoms. The summed E-state index contributed by atoms with van der Waals surface area (Å²) in [6.07, 6.45) is 3.65. The second-order valence-corrected chi connectivity index (χ2v) is 8.45. The van der Waals surface area contributed by atoms with Crippen LogP contribution in [0, 0.1) is 15.9 Å². The van der Waals surface area contributed by atoms with Crippen molar-refractivity contribution in [2.24, 2.45) is 4.99 Å². The number of aliphatic imine (C=N–C) groups is 1. The molecule has 0 unspecified atom stereocenters. The number of allylic oxidation sites excluding steroid dienone is 1. The van der Waals surface area contributed by atoms with Crippen molar-refractivity contribution in [3.05, 3.63) is 105 Å². The Hall–Kier alpha value is -2.87. The maximum atomic E-state index is 14.0. The minimum atomic E-state index is -0.397. The lowest BCUT2D eigenvalue weighted by molar-refractivity contribution is -0.384. The highest BCUT2D eigenvalue weighted by atomic mass is 35.5. The molecule has 34 heavy (non-hydrogen) atoms. The van der Waals surface area contributed by atoms with Gasteiger partial charge in [0.2, 0.25) is 0 Å². The smallest absolute Gasteiger partial charge is 0.270 e.